The molecule has 37 heavy (non-hydrogen) atoms. The lowest BCUT2D eigenvalue weighted by Crippen LogP contribution is -2.48. The summed E-state index contributed by atoms with van der Waals surface area (Å²) in [7, 11) is 0. The van der Waals surface area contributed by atoms with E-state index >= 15 is 0 Å². The Balaban J connectivity index is 1.48. The first-order valence-electron chi connectivity index (χ1n) is 12.3. The third-order valence-electron chi connectivity index (χ3n) is 7.77. The van der Waals surface area contributed by atoms with E-state index in [1.165, 1.54) is 0 Å². The van der Waals surface area contributed by atoms with Gasteiger partial charge >= 0.3 is 0 Å². The molecule has 5 heteroatoms. The summed E-state index contributed by atoms with van der Waals surface area (Å²) in [6.07, 6.45) is 0. The molecular formula is C32H22N2O3. The average molecular weight is 483 g/mol. The van der Waals surface area contributed by atoms with Crippen molar-refractivity contribution in [2.45, 2.75) is 18.9 Å². The van der Waals surface area contributed by atoms with Gasteiger partial charge in [0, 0.05) is 34.5 Å². The van der Waals surface area contributed by atoms with Gasteiger partial charge in [0.15, 0.2) is 11.6 Å². The van der Waals surface area contributed by atoms with Crippen LogP contribution in [0.3, 0.4) is 0 Å². The minimum Gasteiger partial charge on any atom is -0.358 e. The van der Waals surface area contributed by atoms with Gasteiger partial charge in [-0.05, 0) is 28.8 Å². The summed E-state index contributed by atoms with van der Waals surface area (Å²) in [5.41, 5.74) is 3.69. The molecule has 0 radical (unpaired) electrons. The number of carbonyl (C=O) groups is 3. The summed E-state index contributed by atoms with van der Waals surface area (Å²) in [6.45, 7) is 2.11. The lowest BCUT2D eigenvalue weighted by atomic mass is 9.64. The Bertz CT molecular complexity index is 1760. The lowest BCUT2D eigenvalue weighted by molar-refractivity contribution is -0.118. The number of hydrogen-bond donors (Lipinski definition) is 2. The van der Waals surface area contributed by atoms with Crippen molar-refractivity contribution in [2.24, 2.45) is 0 Å². The lowest BCUT2D eigenvalue weighted by Gasteiger charge is -2.38. The number of benzene rings is 4. The molecule has 4 aromatic rings. The van der Waals surface area contributed by atoms with E-state index in [0.29, 0.717) is 40.2 Å². The van der Waals surface area contributed by atoms with E-state index in [0.717, 1.165) is 21.9 Å². The first-order chi connectivity index (χ1) is 18.0. The van der Waals surface area contributed by atoms with Gasteiger partial charge in [0.1, 0.15) is 5.41 Å². The molecule has 0 aromatic heterocycles. The number of nitrogens with one attached hydrogen (secondary N) is 2. The first kappa shape index (κ1) is 21.5. The van der Waals surface area contributed by atoms with Gasteiger partial charge in [0.25, 0.3) is 5.91 Å². The largest absolute Gasteiger partial charge is 0.358 e. The Morgan fingerprint density at radius 2 is 1.49 bits per heavy atom. The van der Waals surface area contributed by atoms with E-state index in [2.05, 4.69) is 10.6 Å². The van der Waals surface area contributed by atoms with E-state index in [4.69, 9.17) is 0 Å². The fraction of sp³-hybridized carbons (Fsp3) is 0.0938. The quantitative estimate of drug-likeness (QED) is 0.427. The van der Waals surface area contributed by atoms with Crippen LogP contribution in [0.2, 0.25) is 0 Å². The number of allylic oxidation sites excluding steroid dienone is 2. The number of dihydropyridines is 1. The Morgan fingerprint density at radius 1 is 0.811 bits per heavy atom. The highest BCUT2D eigenvalue weighted by Gasteiger charge is 2.61. The van der Waals surface area contributed by atoms with Gasteiger partial charge in [0.05, 0.1) is 11.3 Å². The number of Topliss-reactive ketones (excluding diaryl/α,β-unsaturated/α-hetero) is 2. The molecule has 7 rings (SSSR count). The Hall–Kier alpha value is -4.77. The third kappa shape index (κ3) is 2.71. The highest BCUT2D eigenvalue weighted by Crippen LogP contribution is 2.57. The molecule has 0 saturated carbocycles. The molecular weight excluding hydrogens is 460 g/mol. The fourth-order valence-corrected chi connectivity index (χ4v) is 6.30. The number of rotatable bonds is 3. The minimum atomic E-state index is -1.54. The molecule has 5 nitrogen and oxygen atoms in total. The molecule has 3 aliphatic rings. The van der Waals surface area contributed by atoms with Crippen molar-refractivity contribution in [1.29, 1.82) is 0 Å². The van der Waals surface area contributed by atoms with Gasteiger partial charge in [0.2, 0.25) is 0 Å². The van der Waals surface area contributed by atoms with E-state index in [1.807, 2.05) is 85.8 Å². The maximum atomic E-state index is 14.6. The van der Waals surface area contributed by atoms with Crippen molar-refractivity contribution in [1.82, 2.24) is 10.6 Å². The van der Waals surface area contributed by atoms with Crippen LogP contribution in [0.25, 0.3) is 16.5 Å². The van der Waals surface area contributed by atoms with Gasteiger partial charge in [-0.15, -0.1) is 0 Å². The normalized spacial score (nSPS) is 19.4. The minimum absolute atomic E-state index is 0.225. The Labute approximate surface area is 213 Å². The first-order valence-corrected chi connectivity index (χ1v) is 12.3. The second-order valence-corrected chi connectivity index (χ2v) is 9.71. The number of carbonyl (C=O) groups excluding carboxylic acids is 3. The SMILES string of the molecule is CC1=C(C(=O)NCc2ccccc2)C2(C(=O)c3cccc4cccc2c34)C2=C(N1)c1ccccc1C2=O. The standard InChI is InChI=1S/C32H22N2O3/c1-18-26(31(37)33-17-19-9-3-2-4-10-19)32(27-28(34-18)21-13-5-6-14-22(21)29(27)35)24-16-8-12-20-11-7-15-23(25(20)24)30(32)36/h2-16,34H,17H2,1H3,(H,33,37). The topological polar surface area (TPSA) is 75.3 Å². The molecule has 1 heterocycles. The summed E-state index contributed by atoms with van der Waals surface area (Å²) in [6, 6.07) is 28.3. The van der Waals surface area contributed by atoms with E-state index in [-0.39, 0.29) is 23.0 Å². The van der Waals surface area contributed by atoms with Crippen LogP contribution in [0.5, 0.6) is 0 Å². The molecule has 2 N–H and O–H groups in total. The zero-order valence-corrected chi connectivity index (χ0v) is 20.1. The van der Waals surface area contributed by atoms with Crippen LogP contribution >= 0.6 is 0 Å². The molecule has 1 amide bonds. The Kier molecular flexibility index (Phi) is 4.43. The second-order valence-electron chi connectivity index (χ2n) is 9.71. The molecule has 1 atom stereocenters. The number of fused-ring (bicyclic) bond motifs is 4. The monoisotopic (exact) mass is 482 g/mol. The van der Waals surface area contributed by atoms with Crippen molar-refractivity contribution >= 4 is 33.9 Å². The summed E-state index contributed by atoms with van der Waals surface area (Å²) in [4.78, 5) is 42.7. The molecule has 4 aromatic carbocycles. The molecule has 0 bridgehead atoms. The molecule has 1 aliphatic heterocycles. The maximum absolute atomic E-state index is 14.6. The summed E-state index contributed by atoms with van der Waals surface area (Å²) < 4.78 is 0. The predicted molar refractivity (Wildman–Crippen MR) is 142 cm³/mol. The fourth-order valence-electron chi connectivity index (χ4n) is 6.30. The van der Waals surface area contributed by atoms with Crippen LogP contribution in [0.15, 0.2) is 108 Å². The smallest absolute Gasteiger partial charge is 0.250 e. The van der Waals surface area contributed by atoms with E-state index in [9.17, 15) is 14.4 Å². The summed E-state index contributed by atoms with van der Waals surface area (Å²) >= 11 is 0. The van der Waals surface area contributed by atoms with E-state index in [1.54, 1.807) is 12.1 Å². The average Bonchev–Trinajstić information content (AvgIpc) is 3.34. The van der Waals surface area contributed by atoms with Crippen molar-refractivity contribution in [2.75, 3.05) is 0 Å². The molecule has 0 fully saturated rings. The third-order valence-corrected chi connectivity index (χ3v) is 7.77. The maximum Gasteiger partial charge on any atom is 0.250 e. The number of amides is 1. The van der Waals surface area contributed by atoms with Crippen LogP contribution in [0, 0.1) is 0 Å². The summed E-state index contributed by atoms with van der Waals surface area (Å²) in [5.74, 6) is -0.835. The van der Waals surface area contributed by atoms with Crippen molar-refractivity contribution in [3.8, 4) is 0 Å². The second kappa shape index (κ2) is 7.61. The van der Waals surface area contributed by atoms with Crippen LogP contribution in [0.4, 0.5) is 0 Å². The zero-order valence-electron chi connectivity index (χ0n) is 20.1. The van der Waals surface area contributed by atoms with Crippen molar-refractivity contribution in [3.63, 3.8) is 0 Å². The highest BCUT2D eigenvalue weighted by molar-refractivity contribution is 6.35. The van der Waals surface area contributed by atoms with Gasteiger partial charge in [-0.25, -0.2) is 0 Å². The van der Waals surface area contributed by atoms with Crippen LogP contribution in [-0.4, -0.2) is 17.5 Å². The predicted octanol–water partition coefficient (Wildman–Crippen LogP) is 5.08. The molecule has 1 unspecified atom stereocenters. The number of ketones is 2. The molecule has 178 valence electrons. The van der Waals surface area contributed by atoms with Crippen LogP contribution < -0.4 is 10.6 Å². The van der Waals surface area contributed by atoms with Gasteiger partial charge < -0.3 is 10.6 Å². The molecule has 1 spiro atoms. The highest BCUT2D eigenvalue weighted by atomic mass is 16.2. The van der Waals surface area contributed by atoms with Crippen molar-refractivity contribution < 1.29 is 14.4 Å². The van der Waals surface area contributed by atoms with Crippen LogP contribution in [-0.2, 0) is 16.8 Å². The Morgan fingerprint density at radius 3 is 2.27 bits per heavy atom. The van der Waals surface area contributed by atoms with Gasteiger partial charge in [-0.1, -0.05) is 91.0 Å². The molecule has 0 saturated heterocycles. The summed E-state index contributed by atoms with van der Waals surface area (Å²) in [5, 5.41) is 8.08. The van der Waals surface area contributed by atoms with Crippen molar-refractivity contribution in [3.05, 3.63) is 136 Å². The van der Waals surface area contributed by atoms with E-state index < -0.39 is 5.41 Å². The van der Waals surface area contributed by atoms with Gasteiger partial charge in [-0.3, -0.25) is 14.4 Å². The van der Waals surface area contributed by atoms with Crippen LogP contribution in [0.1, 0.15) is 44.3 Å². The van der Waals surface area contributed by atoms with Gasteiger partial charge in [-0.2, -0.15) is 0 Å². The number of hydrogen-bond acceptors (Lipinski definition) is 4. The molecule has 2 aliphatic carbocycles. The zero-order chi connectivity index (χ0) is 25.3.